The molecule has 1 aromatic rings. The van der Waals surface area contributed by atoms with E-state index in [-0.39, 0.29) is 24.2 Å². The van der Waals surface area contributed by atoms with Gasteiger partial charge in [0.15, 0.2) is 11.6 Å². The molecule has 160 valence electrons. The second-order valence-electron chi connectivity index (χ2n) is 7.27. The molecule has 0 aliphatic carbocycles. The average molecular weight is 415 g/mol. The molecule has 0 radical (unpaired) electrons. The zero-order chi connectivity index (χ0) is 21.7. The number of ketones is 1. The predicted molar refractivity (Wildman–Crippen MR) is 107 cm³/mol. The summed E-state index contributed by atoms with van der Waals surface area (Å²) in [6.45, 7) is 0.215. The van der Waals surface area contributed by atoms with Crippen molar-refractivity contribution in [3.05, 3.63) is 47.7 Å². The lowest BCUT2D eigenvalue weighted by molar-refractivity contribution is -0.142. The van der Waals surface area contributed by atoms with Crippen LogP contribution in [0.3, 0.4) is 0 Å². The van der Waals surface area contributed by atoms with Crippen LogP contribution in [0.15, 0.2) is 47.3 Å². The summed E-state index contributed by atoms with van der Waals surface area (Å²) in [4.78, 5) is 43.3. The van der Waals surface area contributed by atoms with Crippen molar-refractivity contribution >= 4 is 23.6 Å². The Hall–Kier alpha value is -3.20. The molecule has 2 aliphatic heterocycles. The van der Waals surface area contributed by atoms with Crippen molar-refractivity contribution < 1.29 is 28.7 Å². The van der Waals surface area contributed by atoms with E-state index in [1.54, 1.807) is 12.1 Å². The maximum atomic E-state index is 12.8. The van der Waals surface area contributed by atoms with Gasteiger partial charge in [0.05, 0.1) is 32.4 Å². The van der Waals surface area contributed by atoms with Gasteiger partial charge in [0, 0.05) is 11.6 Å². The Morgan fingerprint density at radius 1 is 1.17 bits per heavy atom. The third kappa shape index (κ3) is 4.20. The van der Waals surface area contributed by atoms with E-state index in [0.29, 0.717) is 5.56 Å². The van der Waals surface area contributed by atoms with Crippen LogP contribution in [0.2, 0.25) is 0 Å². The number of nitrogens with zero attached hydrogens (tertiary/aromatic N) is 2. The molecule has 0 saturated carbocycles. The molecule has 2 aliphatic rings. The van der Waals surface area contributed by atoms with Gasteiger partial charge in [-0.15, -0.1) is 0 Å². The van der Waals surface area contributed by atoms with E-state index in [4.69, 9.17) is 10.6 Å². The fourth-order valence-electron chi connectivity index (χ4n) is 4.15. The van der Waals surface area contributed by atoms with Crippen LogP contribution in [0.4, 0.5) is 0 Å². The highest BCUT2D eigenvalue weighted by Gasteiger charge is 2.55. The highest BCUT2D eigenvalue weighted by Crippen LogP contribution is 2.46. The van der Waals surface area contributed by atoms with Gasteiger partial charge in [-0.1, -0.05) is 35.5 Å². The van der Waals surface area contributed by atoms with Crippen LogP contribution < -0.4 is 5.73 Å². The Kier molecular flexibility index (Phi) is 6.51. The van der Waals surface area contributed by atoms with Gasteiger partial charge >= 0.3 is 11.9 Å². The van der Waals surface area contributed by atoms with E-state index in [1.165, 1.54) is 7.11 Å². The van der Waals surface area contributed by atoms with Gasteiger partial charge in [0.25, 0.3) is 0 Å². The summed E-state index contributed by atoms with van der Waals surface area (Å²) in [6.07, 6.45) is 4.07. The fourth-order valence-corrected chi connectivity index (χ4v) is 4.15. The Balaban J connectivity index is 1.79. The lowest BCUT2D eigenvalue weighted by Crippen LogP contribution is -2.53. The molecule has 0 atom stereocenters. The third-order valence-corrected chi connectivity index (χ3v) is 5.74. The summed E-state index contributed by atoms with van der Waals surface area (Å²) in [5.74, 6) is -1.96. The van der Waals surface area contributed by atoms with Crippen LogP contribution in [0, 0.1) is 0 Å². The van der Waals surface area contributed by atoms with Crippen LogP contribution in [-0.2, 0) is 23.9 Å². The van der Waals surface area contributed by atoms with Gasteiger partial charge in [-0.2, -0.15) is 0 Å². The van der Waals surface area contributed by atoms with Crippen LogP contribution >= 0.6 is 0 Å². The van der Waals surface area contributed by atoms with Crippen LogP contribution in [0.1, 0.15) is 36.0 Å². The second kappa shape index (κ2) is 9.08. The Morgan fingerprint density at radius 3 is 2.43 bits per heavy atom. The quantitative estimate of drug-likeness (QED) is 0.129. The maximum absolute atomic E-state index is 12.8. The summed E-state index contributed by atoms with van der Waals surface area (Å²) in [5.41, 5.74) is 6.30. The van der Waals surface area contributed by atoms with Gasteiger partial charge in [0.2, 0.25) is 5.76 Å². The molecule has 2 N–H and O–H groups in total. The number of esters is 2. The van der Waals surface area contributed by atoms with E-state index in [1.807, 2.05) is 18.2 Å². The molecular formula is C21H25N3O6. The van der Waals surface area contributed by atoms with E-state index < -0.39 is 23.2 Å². The minimum absolute atomic E-state index is 0.00308. The fraction of sp³-hybridized carbons (Fsp3) is 0.429. The molecular weight excluding hydrogens is 390 g/mol. The van der Waals surface area contributed by atoms with Crippen molar-refractivity contribution in [2.45, 2.75) is 37.3 Å². The number of fused-ring (bicyclic) bond motifs is 2. The number of methoxy groups -OCH3 is 2. The monoisotopic (exact) mass is 415 g/mol. The largest absolute Gasteiger partial charge is 0.466 e. The zero-order valence-electron chi connectivity index (χ0n) is 17.0. The normalized spacial score (nSPS) is 23.9. The third-order valence-electron chi connectivity index (χ3n) is 5.74. The molecule has 2 fully saturated rings. The summed E-state index contributed by atoms with van der Waals surface area (Å²) < 4.78 is 9.10. The summed E-state index contributed by atoms with van der Waals surface area (Å²) >= 11 is 0. The molecule has 1 aromatic carbocycles. The molecule has 2 bridgehead atoms. The van der Waals surface area contributed by atoms with E-state index in [9.17, 15) is 14.4 Å². The molecule has 0 unspecified atom stereocenters. The molecule has 0 spiro atoms. The molecule has 3 rings (SSSR count). The smallest absolute Gasteiger partial charge is 0.377 e. The first-order chi connectivity index (χ1) is 14.4. The molecule has 9 nitrogen and oxygen atoms in total. The summed E-state index contributed by atoms with van der Waals surface area (Å²) in [6, 6.07) is 9.32. The molecule has 0 amide bonds. The number of oxime groups is 1. The highest BCUT2D eigenvalue weighted by atomic mass is 16.7. The molecule has 30 heavy (non-hydrogen) atoms. The van der Waals surface area contributed by atoms with Crippen molar-refractivity contribution in [1.29, 1.82) is 0 Å². The van der Waals surface area contributed by atoms with Crippen molar-refractivity contribution in [2.75, 3.05) is 20.8 Å². The van der Waals surface area contributed by atoms with Crippen molar-refractivity contribution in [3.63, 3.8) is 0 Å². The zero-order valence-corrected chi connectivity index (χ0v) is 17.0. The Bertz CT molecular complexity index is 872. The van der Waals surface area contributed by atoms with Crippen LogP contribution in [0.25, 0.3) is 0 Å². The maximum Gasteiger partial charge on any atom is 0.377 e. The number of hydrogen-bond acceptors (Lipinski definition) is 8. The van der Waals surface area contributed by atoms with Crippen LogP contribution in [-0.4, -0.2) is 60.8 Å². The van der Waals surface area contributed by atoms with Crippen molar-refractivity contribution in [2.24, 2.45) is 10.9 Å². The number of Topliss-reactive ketones (excluding diaryl/α,β-unsaturated/α-hetero) is 1. The van der Waals surface area contributed by atoms with Gasteiger partial charge in [0.1, 0.15) is 0 Å². The molecule has 0 aromatic heterocycles. The van der Waals surface area contributed by atoms with E-state index in [0.717, 1.165) is 38.9 Å². The minimum Gasteiger partial charge on any atom is -0.466 e. The van der Waals surface area contributed by atoms with Crippen molar-refractivity contribution in [3.8, 4) is 0 Å². The number of carbonyl (C=O) groups excluding carboxylic acids is 3. The van der Waals surface area contributed by atoms with Gasteiger partial charge < -0.3 is 20.0 Å². The molecule has 9 heteroatoms. The van der Waals surface area contributed by atoms with Gasteiger partial charge in [-0.25, -0.2) is 9.59 Å². The Labute approximate surface area is 174 Å². The van der Waals surface area contributed by atoms with Gasteiger partial charge in [-0.3, -0.25) is 9.69 Å². The van der Waals surface area contributed by atoms with Gasteiger partial charge in [-0.05, 0) is 25.7 Å². The van der Waals surface area contributed by atoms with E-state index >= 15 is 0 Å². The molecule has 2 heterocycles. The van der Waals surface area contributed by atoms with Crippen LogP contribution in [0.5, 0.6) is 0 Å². The first-order valence-electron chi connectivity index (χ1n) is 9.65. The topological polar surface area (TPSA) is 121 Å². The first-order valence-corrected chi connectivity index (χ1v) is 9.65. The number of carbonyl (C=O) groups is 3. The average Bonchev–Trinajstić information content (AvgIpc) is 3.31. The predicted octanol–water partition coefficient (Wildman–Crippen LogP) is 1.38. The molecule has 2 saturated heterocycles. The SMILES string of the molecule is COC(=O)/C=C(/O/N=C(\N)C12CCC(CC1)N2CC(=O)c1ccccc1)C(=O)OC. The second-order valence-corrected chi connectivity index (χ2v) is 7.27. The number of amidine groups is 1. The summed E-state index contributed by atoms with van der Waals surface area (Å²) in [7, 11) is 2.32. The standard InChI is InChI=1S/C21H25N3O6/c1-28-18(26)12-17(19(27)29-2)30-23-20(22)21-10-8-15(9-11-21)24(21)13-16(25)14-6-4-3-5-7-14/h3-7,12,15H,8-11,13H2,1-2H3,(H2,22,23)/b17-12+. The number of ether oxygens (including phenoxy) is 2. The summed E-state index contributed by atoms with van der Waals surface area (Å²) in [5, 5.41) is 3.93. The Morgan fingerprint density at radius 2 is 1.83 bits per heavy atom. The lowest BCUT2D eigenvalue weighted by atomic mass is 9.87. The lowest BCUT2D eigenvalue weighted by Gasteiger charge is -2.33. The highest BCUT2D eigenvalue weighted by molar-refractivity contribution is 5.99. The number of rotatable bonds is 8. The first kappa shape index (κ1) is 21.5. The number of benzene rings is 1. The number of nitrogens with two attached hydrogens (primary N) is 1. The van der Waals surface area contributed by atoms with E-state index in [2.05, 4.69) is 19.5 Å². The minimum atomic E-state index is -0.888. The number of hydrogen-bond donors (Lipinski definition) is 1. The van der Waals surface area contributed by atoms with Crippen molar-refractivity contribution in [1.82, 2.24) is 4.90 Å².